The van der Waals surface area contributed by atoms with E-state index < -0.39 is 17.7 Å². The molecule has 1 N–H and O–H groups in total. The first-order valence-electron chi connectivity index (χ1n) is 6.57. The summed E-state index contributed by atoms with van der Waals surface area (Å²) in [7, 11) is 0. The molecule has 2 amide bonds. The van der Waals surface area contributed by atoms with Crippen LogP contribution in [0.4, 0.5) is 8.78 Å². The Labute approximate surface area is 114 Å². The fourth-order valence-electron chi connectivity index (χ4n) is 2.57. The Morgan fingerprint density at radius 2 is 2.00 bits per heavy atom. The van der Waals surface area contributed by atoms with Crippen LogP contribution in [-0.2, 0) is 16.1 Å². The van der Waals surface area contributed by atoms with Gasteiger partial charge >= 0.3 is 0 Å². The van der Waals surface area contributed by atoms with Crippen LogP contribution in [0.5, 0.6) is 0 Å². The minimum Gasteiger partial charge on any atom is -0.345 e. The molecule has 2 fully saturated rings. The van der Waals surface area contributed by atoms with Crippen LogP contribution in [0.15, 0.2) is 18.2 Å². The van der Waals surface area contributed by atoms with Crippen molar-refractivity contribution in [3.8, 4) is 0 Å². The van der Waals surface area contributed by atoms with Crippen LogP contribution in [0.3, 0.4) is 0 Å². The Bertz CT molecular complexity index is 572. The summed E-state index contributed by atoms with van der Waals surface area (Å²) in [5.41, 5.74) is 0.222. The van der Waals surface area contributed by atoms with E-state index in [1.165, 1.54) is 11.0 Å². The molecule has 1 unspecified atom stereocenters. The zero-order valence-electron chi connectivity index (χ0n) is 10.7. The molecule has 0 radical (unpaired) electrons. The highest BCUT2D eigenvalue weighted by Crippen LogP contribution is 2.37. The molecule has 1 saturated carbocycles. The normalized spacial score (nSPS) is 22.9. The Hall–Kier alpha value is -1.98. The number of nitrogens with one attached hydrogen (secondary N) is 1. The molecule has 1 aromatic carbocycles. The third-order valence-electron chi connectivity index (χ3n) is 3.76. The molecule has 106 valence electrons. The summed E-state index contributed by atoms with van der Waals surface area (Å²) in [6.45, 7) is -0.0651. The van der Waals surface area contributed by atoms with Gasteiger partial charge in [-0.25, -0.2) is 8.78 Å². The fourth-order valence-corrected chi connectivity index (χ4v) is 2.57. The molecule has 3 rings (SSSR count). The van der Waals surface area contributed by atoms with Crippen LogP contribution in [0, 0.1) is 17.6 Å². The number of carbonyl (C=O) groups excluding carboxylic acids is 2. The Balaban J connectivity index is 1.85. The van der Waals surface area contributed by atoms with Crippen LogP contribution in [0.1, 0.15) is 18.4 Å². The number of nitrogens with zero attached hydrogens (tertiary/aromatic N) is 1. The predicted molar refractivity (Wildman–Crippen MR) is 66.4 cm³/mol. The number of hydrogen-bond donors (Lipinski definition) is 1. The van der Waals surface area contributed by atoms with Gasteiger partial charge in [0.15, 0.2) is 0 Å². The summed E-state index contributed by atoms with van der Waals surface area (Å²) in [5.74, 6) is -1.62. The van der Waals surface area contributed by atoms with Crippen molar-refractivity contribution >= 4 is 11.8 Å². The van der Waals surface area contributed by atoms with E-state index in [1.54, 1.807) is 0 Å². The zero-order valence-corrected chi connectivity index (χ0v) is 10.7. The average Bonchev–Trinajstić information content (AvgIpc) is 3.21. The Morgan fingerprint density at radius 1 is 1.25 bits per heavy atom. The molecular formula is C14H14F2N2O2. The monoisotopic (exact) mass is 280 g/mol. The van der Waals surface area contributed by atoms with E-state index in [0.29, 0.717) is 0 Å². The third-order valence-corrected chi connectivity index (χ3v) is 3.76. The summed E-state index contributed by atoms with van der Waals surface area (Å²) in [4.78, 5) is 25.3. The second-order valence-corrected chi connectivity index (χ2v) is 5.26. The number of rotatable bonds is 3. The second kappa shape index (κ2) is 4.85. The van der Waals surface area contributed by atoms with Crippen molar-refractivity contribution in [3.63, 3.8) is 0 Å². The maximum atomic E-state index is 13.7. The minimum atomic E-state index is -0.696. The molecule has 20 heavy (non-hydrogen) atoms. The van der Waals surface area contributed by atoms with Crippen LogP contribution in [-0.4, -0.2) is 29.3 Å². The first-order valence-corrected chi connectivity index (χ1v) is 6.57. The SMILES string of the molecule is O=C1NCC(=O)N(Cc2ccc(F)cc2F)C1C1CC1. The van der Waals surface area contributed by atoms with Crippen LogP contribution in [0.2, 0.25) is 0 Å². The predicted octanol–water partition coefficient (Wildman–Crippen LogP) is 1.20. The van der Waals surface area contributed by atoms with Gasteiger partial charge in [-0.3, -0.25) is 9.59 Å². The maximum absolute atomic E-state index is 13.7. The van der Waals surface area contributed by atoms with Gasteiger partial charge in [0.1, 0.15) is 17.7 Å². The van der Waals surface area contributed by atoms with Crippen LogP contribution in [0.25, 0.3) is 0 Å². The van der Waals surface area contributed by atoms with E-state index in [-0.39, 0.29) is 36.4 Å². The molecule has 1 saturated heterocycles. The zero-order chi connectivity index (χ0) is 14.3. The standard InChI is InChI=1S/C14H14F2N2O2/c15-10-4-3-9(11(16)5-10)7-18-12(19)6-17-14(20)13(18)8-1-2-8/h3-5,8,13H,1-2,6-7H2,(H,17,20). The summed E-state index contributed by atoms with van der Waals surface area (Å²) >= 11 is 0. The van der Waals surface area contributed by atoms with Crippen molar-refractivity contribution in [3.05, 3.63) is 35.4 Å². The molecule has 0 aromatic heterocycles. The lowest BCUT2D eigenvalue weighted by Gasteiger charge is -2.35. The Morgan fingerprint density at radius 3 is 2.65 bits per heavy atom. The highest BCUT2D eigenvalue weighted by Gasteiger charge is 2.44. The molecule has 6 heteroatoms. The van der Waals surface area contributed by atoms with Gasteiger partial charge in [-0.1, -0.05) is 6.07 Å². The maximum Gasteiger partial charge on any atom is 0.243 e. The minimum absolute atomic E-state index is 0.000463. The number of halogens is 2. The molecule has 0 bridgehead atoms. The molecule has 0 spiro atoms. The van der Waals surface area contributed by atoms with Crippen molar-refractivity contribution in [2.75, 3.05) is 6.54 Å². The van der Waals surface area contributed by atoms with E-state index in [0.717, 1.165) is 25.0 Å². The molecule has 4 nitrogen and oxygen atoms in total. The number of piperazine rings is 1. The Kier molecular flexibility index (Phi) is 3.16. The lowest BCUT2D eigenvalue weighted by molar-refractivity contribution is -0.147. The average molecular weight is 280 g/mol. The van der Waals surface area contributed by atoms with Gasteiger partial charge in [0.25, 0.3) is 0 Å². The summed E-state index contributed by atoms with van der Waals surface area (Å²) in [5, 5.41) is 2.56. The number of amides is 2. The summed E-state index contributed by atoms with van der Waals surface area (Å²) in [6, 6.07) is 2.73. The number of hydrogen-bond acceptors (Lipinski definition) is 2. The van der Waals surface area contributed by atoms with E-state index >= 15 is 0 Å². The van der Waals surface area contributed by atoms with Gasteiger partial charge in [0, 0.05) is 18.2 Å². The van der Waals surface area contributed by atoms with Crippen molar-refractivity contribution < 1.29 is 18.4 Å². The molecular weight excluding hydrogens is 266 g/mol. The van der Waals surface area contributed by atoms with E-state index in [9.17, 15) is 18.4 Å². The fraction of sp³-hybridized carbons (Fsp3) is 0.429. The largest absolute Gasteiger partial charge is 0.345 e. The van der Waals surface area contributed by atoms with Gasteiger partial charge in [-0.2, -0.15) is 0 Å². The first-order chi connectivity index (χ1) is 9.56. The van der Waals surface area contributed by atoms with Gasteiger partial charge in [-0.05, 0) is 24.8 Å². The van der Waals surface area contributed by atoms with E-state index in [4.69, 9.17) is 0 Å². The molecule has 1 aliphatic carbocycles. The van der Waals surface area contributed by atoms with Crippen molar-refractivity contribution in [2.24, 2.45) is 5.92 Å². The topological polar surface area (TPSA) is 49.4 Å². The van der Waals surface area contributed by atoms with Gasteiger partial charge in [0.05, 0.1) is 6.54 Å². The van der Waals surface area contributed by atoms with Gasteiger partial charge in [-0.15, -0.1) is 0 Å². The number of carbonyl (C=O) groups is 2. The lowest BCUT2D eigenvalue weighted by atomic mass is 10.1. The van der Waals surface area contributed by atoms with Crippen LogP contribution >= 0.6 is 0 Å². The summed E-state index contributed by atoms with van der Waals surface area (Å²) in [6.07, 6.45) is 1.79. The second-order valence-electron chi connectivity index (χ2n) is 5.26. The van der Waals surface area contributed by atoms with Crippen LogP contribution < -0.4 is 5.32 Å². The van der Waals surface area contributed by atoms with Crippen molar-refractivity contribution in [1.82, 2.24) is 10.2 Å². The molecule has 1 aromatic rings. The van der Waals surface area contributed by atoms with E-state index in [1.807, 2.05) is 0 Å². The van der Waals surface area contributed by atoms with Gasteiger partial charge in [0.2, 0.25) is 11.8 Å². The molecule has 1 aliphatic heterocycles. The lowest BCUT2D eigenvalue weighted by Crippen LogP contribution is -2.58. The van der Waals surface area contributed by atoms with Crippen molar-refractivity contribution in [1.29, 1.82) is 0 Å². The highest BCUT2D eigenvalue weighted by atomic mass is 19.1. The van der Waals surface area contributed by atoms with Crippen molar-refractivity contribution in [2.45, 2.75) is 25.4 Å². The smallest absolute Gasteiger partial charge is 0.243 e. The third kappa shape index (κ3) is 2.37. The highest BCUT2D eigenvalue weighted by molar-refractivity contribution is 5.95. The first kappa shape index (κ1) is 13.0. The summed E-state index contributed by atoms with van der Waals surface area (Å²) < 4.78 is 26.6. The van der Waals surface area contributed by atoms with E-state index in [2.05, 4.69) is 5.32 Å². The molecule has 2 aliphatic rings. The number of benzene rings is 1. The quantitative estimate of drug-likeness (QED) is 0.904. The van der Waals surface area contributed by atoms with Gasteiger partial charge < -0.3 is 10.2 Å². The molecule has 1 heterocycles. The molecule has 1 atom stereocenters.